The van der Waals surface area contributed by atoms with Crippen LogP contribution in [0.25, 0.3) is 0 Å². The first-order chi connectivity index (χ1) is 10.4. The second-order valence-corrected chi connectivity index (χ2v) is 7.61. The van der Waals surface area contributed by atoms with E-state index in [0.717, 1.165) is 0 Å². The topological polar surface area (TPSA) is 79.8 Å². The van der Waals surface area contributed by atoms with Gasteiger partial charge in [-0.15, -0.1) is 0 Å². The number of piperidine rings is 1. The van der Waals surface area contributed by atoms with Crippen molar-refractivity contribution in [2.45, 2.75) is 23.8 Å². The summed E-state index contributed by atoms with van der Waals surface area (Å²) in [5.41, 5.74) is 0. The van der Waals surface area contributed by atoms with Crippen LogP contribution in [0.2, 0.25) is 0 Å². The molecule has 120 valence electrons. The maximum Gasteiger partial charge on any atom is 0.248 e. The number of methoxy groups -OCH3 is 1. The molecule has 1 aromatic rings. The predicted octanol–water partition coefficient (Wildman–Crippen LogP) is 0.331. The standard InChI is InChI=1S/C14H19N3O4S/c1-16-11-5-7-17(9-10(11)8-13(16)18)22(19,20)12-4-3-6-15-14(12)21-2/h3-4,6,10-11H,5,7-9H2,1-2H3/t10-,11+/m1/s1. The Balaban J connectivity index is 1.87. The van der Waals surface area contributed by atoms with Gasteiger partial charge in [-0.2, -0.15) is 4.31 Å². The monoisotopic (exact) mass is 325 g/mol. The van der Waals surface area contributed by atoms with E-state index in [-0.39, 0.29) is 28.6 Å². The Hall–Kier alpha value is -1.67. The van der Waals surface area contributed by atoms with Crippen molar-refractivity contribution in [3.8, 4) is 5.88 Å². The highest BCUT2D eigenvalue weighted by molar-refractivity contribution is 7.89. The lowest BCUT2D eigenvalue weighted by Gasteiger charge is -2.35. The molecule has 1 amide bonds. The number of pyridine rings is 1. The van der Waals surface area contributed by atoms with Crippen molar-refractivity contribution in [2.75, 3.05) is 27.2 Å². The second kappa shape index (κ2) is 5.51. The molecule has 2 fully saturated rings. The van der Waals surface area contributed by atoms with Crippen LogP contribution in [0.1, 0.15) is 12.8 Å². The number of sulfonamides is 1. The molecular formula is C14H19N3O4S. The molecule has 7 nitrogen and oxygen atoms in total. The molecular weight excluding hydrogens is 306 g/mol. The summed E-state index contributed by atoms with van der Waals surface area (Å²) in [7, 11) is -0.468. The first kappa shape index (κ1) is 15.2. The maximum absolute atomic E-state index is 12.8. The number of amides is 1. The van der Waals surface area contributed by atoms with Gasteiger partial charge in [0.1, 0.15) is 4.90 Å². The quantitative estimate of drug-likeness (QED) is 0.800. The Bertz CT molecular complexity index is 691. The molecule has 0 radical (unpaired) electrons. The Morgan fingerprint density at radius 3 is 2.91 bits per heavy atom. The Morgan fingerprint density at radius 1 is 1.41 bits per heavy atom. The van der Waals surface area contributed by atoms with E-state index in [1.165, 1.54) is 23.7 Å². The first-order valence-electron chi connectivity index (χ1n) is 7.20. The summed E-state index contributed by atoms with van der Waals surface area (Å²) in [6, 6.07) is 3.23. The molecule has 2 saturated heterocycles. The highest BCUT2D eigenvalue weighted by atomic mass is 32.2. The number of carbonyl (C=O) groups is 1. The van der Waals surface area contributed by atoms with Gasteiger partial charge in [0, 0.05) is 44.7 Å². The fraction of sp³-hybridized carbons (Fsp3) is 0.571. The molecule has 0 N–H and O–H groups in total. The van der Waals surface area contributed by atoms with Crippen LogP contribution in [0.3, 0.4) is 0 Å². The third-order valence-electron chi connectivity index (χ3n) is 4.53. The fourth-order valence-corrected chi connectivity index (χ4v) is 4.95. The third kappa shape index (κ3) is 2.36. The molecule has 0 aromatic carbocycles. The van der Waals surface area contributed by atoms with E-state index in [1.54, 1.807) is 18.0 Å². The van der Waals surface area contributed by atoms with Crippen molar-refractivity contribution < 1.29 is 17.9 Å². The van der Waals surface area contributed by atoms with Gasteiger partial charge in [-0.25, -0.2) is 13.4 Å². The molecule has 2 aliphatic heterocycles. The van der Waals surface area contributed by atoms with Crippen LogP contribution >= 0.6 is 0 Å². The van der Waals surface area contributed by atoms with Crippen LogP contribution in [-0.2, 0) is 14.8 Å². The van der Waals surface area contributed by atoms with Crippen molar-refractivity contribution in [2.24, 2.45) is 5.92 Å². The number of aromatic nitrogens is 1. The fourth-order valence-electron chi connectivity index (χ4n) is 3.33. The lowest BCUT2D eigenvalue weighted by atomic mass is 9.94. The summed E-state index contributed by atoms with van der Waals surface area (Å²) in [6.07, 6.45) is 2.57. The van der Waals surface area contributed by atoms with Crippen molar-refractivity contribution in [3.05, 3.63) is 18.3 Å². The van der Waals surface area contributed by atoms with Gasteiger partial charge in [0.25, 0.3) is 0 Å². The average molecular weight is 325 g/mol. The van der Waals surface area contributed by atoms with Crippen molar-refractivity contribution in [3.63, 3.8) is 0 Å². The van der Waals surface area contributed by atoms with Crippen molar-refractivity contribution in [1.82, 2.24) is 14.2 Å². The molecule has 0 bridgehead atoms. The van der Waals surface area contributed by atoms with E-state index < -0.39 is 10.0 Å². The van der Waals surface area contributed by atoms with Crippen molar-refractivity contribution >= 4 is 15.9 Å². The smallest absolute Gasteiger partial charge is 0.248 e. The van der Waals surface area contributed by atoms with Crippen LogP contribution in [0.5, 0.6) is 5.88 Å². The van der Waals surface area contributed by atoms with E-state index in [1.807, 2.05) is 0 Å². The highest BCUT2D eigenvalue weighted by Gasteiger charge is 2.44. The molecule has 2 atom stereocenters. The average Bonchev–Trinajstić information content (AvgIpc) is 2.81. The van der Waals surface area contributed by atoms with E-state index >= 15 is 0 Å². The van der Waals surface area contributed by atoms with Crippen LogP contribution in [0.4, 0.5) is 0 Å². The largest absolute Gasteiger partial charge is 0.480 e. The van der Waals surface area contributed by atoms with Gasteiger partial charge in [-0.05, 0) is 18.6 Å². The number of likely N-dealkylation sites (tertiary alicyclic amines) is 1. The predicted molar refractivity (Wildman–Crippen MR) is 78.8 cm³/mol. The van der Waals surface area contributed by atoms with E-state index in [9.17, 15) is 13.2 Å². The lowest BCUT2D eigenvalue weighted by molar-refractivity contribution is -0.127. The van der Waals surface area contributed by atoms with E-state index in [0.29, 0.717) is 25.9 Å². The summed E-state index contributed by atoms with van der Waals surface area (Å²) >= 11 is 0. The minimum Gasteiger partial charge on any atom is -0.480 e. The third-order valence-corrected chi connectivity index (χ3v) is 6.41. The number of hydrogen-bond donors (Lipinski definition) is 0. The van der Waals surface area contributed by atoms with Gasteiger partial charge >= 0.3 is 0 Å². The number of hydrogen-bond acceptors (Lipinski definition) is 5. The van der Waals surface area contributed by atoms with Crippen LogP contribution in [0, 0.1) is 5.92 Å². The number of fused-ring (bicyclic) bond motifs is 1. The SMILES string of the molecule is COc1ncccc1S(=O)(=O)N1CC[C@H]2[C@H](CC(=O)N2C)C1. The molecule has 22 heavy (non-hydrogen) atoms. The molecule has 3 rings (SSSR count). The highest BCUT2D eigenvalue weighted by Crippen LogP contribution is 2.34. The second-order valence-electron chi connectivity index (χ2n) is 5.70. The Kier molecular flexibility index (Phi) is 3.82. The van der Waals surface area contributed by atoms with E-state index in [2.05, 4.69) is 4.98 Å². The molecule has 1 aromatic heterocycles. The normalized spacial score (nSPS) is 26.1. The Morgan fingerprint density at radius 2 is 2.18 bits per heavy atom. The van der Waals surface area contributed by atoms with Crippen LogP contribution in [0.15, 0.2) is 23.2 Å². The number of rotatable bonds is 3. The van der Waals surface area contributed by atoms with Gasteiger partial charge in [-0.1, -0.05) is 0 Å². The van der Waals surface area contributed by atoms with E-state index in [4.69, 9.17) is 4.74 Å². The first-order valence-corrected chi connectivity index (χ1v) is 8.64. The molecule has 2 aliphatic rings. The summed E-state index contributed by atoms with van der Waals surface area (Å²) < 4.78 is 32.2. The van der Waals surface area contributed by atoms with Crippen LogP contribution < -0.4 is 4.74 Å². The minimum atomic E-state index is -3.66. The zero-order valence-corrected chi connectivity index (χ0v) is 13.4. The molecule has 0 unspecified atom stereocenters. The van der Waals surface area contributed by atoms with Crippen LogP contribution in [-0.4, -0.2) is 61.8 Å². The zero-order valence-electron chi connectivity index (χ0n) is 12.6. The summed E-state index contributed by atoms with van der Waals surface area (Å²) in [4.78, 5) is 17.6. The molecule has 0 saturated carbocycles. The summed E-state index contributed by atoms with van der Waals surface area (Å²) in [5.74, 6) is 0.251. The van der Waals surface area contributed by atoms with Gasteiger partial charge in [-0.3, -0.25) is 4.79 Å². The van der Waals surface area contributed by atoms with Gasteiger partial charge < -0.3 is 9.64 Å². The van der Waals surface area contributed by atoms with Gasteiger partial charge in [0.2, 0.25) is 21.8 Å². The summed E-state index contributed by atoms with van der Waals surface area (Å²) in [6.45, 7) is 0.764. The zero-order chi connectivity index (χ0) is 15.9. The molecule has 3 heterocycles. The Labute approximate surface area is 129 Å². The maximum atomic E-state index is 12.8. The number of nitrogens with zero attached hydrogens (tertiary/aromatic N) is 3. The van der Waals surface area contributed by atoms with Gasteiger partial charge in [0.05, 0.1) is 7.11 Å². The molecule has 0 spiro atoms. The summed E-state index contributed by atoms with van der Waals surface area (Å²) in [5, 5.41) is 0. The minimum absolute atomic E-state index is 0.0590. The lowest BCUT2D eigenvalue weighted by Crippen LogP contribution is -2.47. The number of carbonyl (C=O) groups excluding carboxylic acids is 1. The molecule has 8 heteroatoms. The molecule has 0 aliphatic carbocycles. The van der Waals surface area contributed by atoms with Gasteiger partial charge in [0.15, 0.2) is 0 Å². The number of ether oxygens (including phenoxy) is 1. The van der Waals surface area contributed by atoms with Crippen molar-refractivity contribution in [1.29, 1.82) is 0 Å².